The van der Waals surface area contributed by atoms with Crippen molar-refractivity contribution in [1.82, 2.24) is 44.9 Å². The predicted molar refractivity (Wildman–Crippen MR) is 181 cm³/mol. The van der Waals surface area contributed by atoms with E-state index in [0.717, 1.165) is 11.2 Å². The van der Waals surface area contributed by atoms with Crippen LogP contribution in [0, 0.1) is 0 Å². The number of aromatic nitrogens is 4. The first-order chi connectivity index (χ1) is 25.0. The molecule has 5 rings (SSSR count). The van der Waals surface area contributed by atoms with Crippen LogP contribution in [0.4, 0.5) is 20.1 Å². The van der Waals surface area contributed by atoms with Crippen LogP contribution in [0.25, 0.3) is 0 Å². The number of carboxylic acid groups (broad SMARTS) is 2. The molecule has 4 atom stereocenters. The molecule has 1 aromatic heterocycles. The summed E-state index contributed by atoms with van der Waals surface area (Å²) in [4.78, 5) is 90.2. The van der Waals surface area contributed by atoms with Crippen LogP contribution in [0.1, 0.15) is 11.6 Å². The fraction of sp³-hybridized carbons (Fsp3) is 0.407. The molecule has 26 heteroatoms. The van der Waals surface area contributed by atoms with Crippen molar-refractivity contribution in [2.75, 3.05) is 42.8 Å². The summed E-state index contributed by atoms with van der Waals surface area (Å²) in [5, 5.41) is 36.9. The molecule has 0 unspecified atom stereocenters. The van der Waals surface area contributed by atoms with Gasteiger partial charge in [0, 0.05) is 24.2 Å². The smallest absolute Gasteiger partial charge is 0.411 e. The molecular weight excluding hydrogens is 767 g/mol. The van der Waals surface area contributed by atoms with E-state index in [1.165, 1.54) is 52.5 Å². The number of rotatable bonds is 13. The van der Waals surface area contributed by atoms with Crippen LogP contribution < -0.4 is 21.7 Å². The van der Waals surface area contributed by atoms with Crippen LogP contribution in [0.5, 0.6) is 0 Å². The van der Waals surface area contributed by atoms with Gasteiger partial charge in [0.05, 0.1) is 19.3 Å². The number of carbonyl (C=O) groups excluding carboxylic acids is 5. The average Bonchev–Trinajstić information content (AvgIpc) is 3.71. The lowest BCUT2D eigenvalue weighted by Gasteiger charge is -2.49. The summed E-state index contributed by atoms with van der Waals surface area (Å²) in [5.41, 5.74) is 5.70. The van der Waals surface area contributed by atoms with E-state index in [0.29, 0.717) is 19.9 Å². The third kappa shape index (κ3) is 8.44. The van der Waals surface area contributed by atoms with E-state index in [4.69, 9.17) is 15.6 Å². The van der Waals surface area contributed by atoms with Crippen molar-refractivity contribution in [3.63, 3.8) is 0 Å². The number of benzene rings is 1. The van der Waals surface area contributed by atoms with E-state index in [1.54, 1.807) is 7.05 Å². The summed E-state index contributed by atoms with van der Waals surface area (Å²) < 4.78 is 30.6. The van der Waals surface area contributed by atoms with Crippen LogP contribution in [0.15, 0.2) is 40.7 Å². The summed E-state index contributed by atoms with van der Waals surface area (Å²) in [6, 6.07) is -1.33. The Morgan fingerprint density at radius 2 is 1.83 bits per heavy atom. The largest absolute Gasteiger partial charge is 0.480 e. The molecule has 3 aliphatic heterocycles. The minimum atomic E-state index is -4.00. The maximum atomic E-state index is 13.8. The van der Waals surface area contributed by atoms with Gasteiger partial charge in [-0.25, -0.2) is 41.5 Å². The zero-order chi connectivity index (χ0) is 38.8. The number of tetrazole rings is 1. The number of imide groups is 1. The highest BCUT2D eigenvalue weighted by atomic mass is 32.2. The highest BCUT2D eigenvalue weighted by Crippen LogP contribution is 2.41. The molecule has 284 valence electrons. The third-order valence-corrected chi connectivity index (χ3v) is 11.4. The number of amides is 7. The van der Waals surface area contributed by atoms with Gasteiger partial charge in [-0.2, -0.15) is 0 Å². The van der Waals surface area contributed by atoms with Crippen LogP contribution in [-0.4, -0.2) is 150 Å². The number of nitrogens with zero attached hydrogens (tertiary/aromatic N) is 7. The number of hydrogen-bond acceptors (Lipinski definition) is 16. The van der Waals surface area contributed by atoms with Crippen LogP contribution in [-0.2, 0) is 41.0 Å². The lowest BCUT2D eigenvalue weighted by molar-refractivity contribution is -0.151. The number of sulfonamides is 1. The fourth-order valence-corrected chi connectivity index (χ4v) is 8.32. The second kappa shape index (κ2) is 15.6. The van der Waals surface area contributed by atoms with Crippen molar-refractivity contribution in [3.8, 4) is 0 Å². The normalized spacial score (nSPS) is 19.6. The minimum absolute atomic E-state index is 0.0814. The van der Waals surface area contributed by atoms with Crippen LogP contribution in [0.2, 0.25) is 0 Å². The maximum absolute atomic E-state index is 13.8. The quantitative estimate of drug-likeness (QED) is 0.0957. The van der Waals surface area contributed by atoms with Crippen LogP contribution >= 0.6 is 23.5 Å². The van der Waals surface area contributed by atoms with Crippen molar-refractivity contribution in [2.45, 2.75) is 28.7 Å². The molecule has 2 fully saturated rings. The van der Waals surface area contributed by atoms with E-state index in [2.05, 4.69) is 31.5 Å². The van der Waals surface area contributed by atoms with Crippen LogP contribution in [0.3, 0.4) is 0 Å². The number of nitrogens with two attached hydrogens (primary N) is 1. The molecule has 0 radical (unpaired) electrons. The summed E-state index contributed by atoms with van der Waals surface area (Å²) in [6.45, 7) is -1.27. The lowest BCUT2D eigenvalue weighted by Crippen LogP contribution is -2.71. The Balaban J connectivity index is 1.33. The highest BCUT2D eigenvalue weighted by molar-refractivity contribution is 8.01. The van der Waals surface area contributed by atoms with Crippen molar-refractivity contribution < 1.29 is 56.9 Å². The highest BCUT2D eigenvalue weighted by Gasteiger charge is 2.54. The Labute approximate surface area is 307 Å². The number of aliphatic carboxylic acids is 2. The number of β-lactam (4-membered cyclic amide) rings is 1. The van der Waals surface area contributed by atoms with Crippen molar-refractivity contribution >= 4 is 81.1 Å². The van der Waals surface area contributed by atoms with E-state index in [-0.39, 0.29) is 41.5 Å². The monoisotopic (exact) mass is 797 g/mol. The van der Waals surface area contributed by atoms with Crippen molar-refractivity contribution in [2.24, 2.45) is 12.8 Å². The number of nitrogens with one attached hydrogen (secondary N) is 3. The molecule has 4 heterocycles. The number of carbonyl (C=O) groups is 7. The zero-order valence-electron chi connectivity index (χ0n) is 27.6. The number of thioether (sulfide) groups is 2. The Morgan fingerprint density at radius 1 is 1.13 bits per heavy atom. The maximum Gasteiger partial charge on any atom is 0.411 e. The van der Waals surface area contributed by atoms with Gasteiger partial charge in [-0.15, -0.1) is 16.9 Å². The summed E-state index contributed by atoms with van der Waals surface area (Å²) in [5.74, 6) is -4.07. The molecule has 7 N–H and O–H groups in total. The standard InChI is InChI=1S/C27H31N11O12S3/c1-35-25(32-33-34-35)52-11-13-10-51-21-17(20(40)38(21)18(13)23(43)44)30-19(39)16(31-24(45)36-7-8-37(27(36)47)53(2,48)49)12-3-5-14(6-4-12)29-26(46)50-9-15(28)22(41)42/h3-6,15-17,21H,7-11,28H2,1-2H3,(H,29,46)(H,30,39)(H,31,45)(H,41,42)(H,43,44)/t15-,16+,17-,21+/m1/s1. The molecule has 2 saturated heterocycles. The predicted octanol–water partition coefficient (Wildman–Crippen LogP) is -1.85. The molecule has 7 amide bonds. The zero-order valence-corrected chi connectivity index (χ0v) is 30.0. The van der Waals surface area contributed by atoms with Gasteiger partial charge < -0.3 is 31.3 Å². The first-order valence-corrected chi connectivity index (χ1v) is 19.0. The van der Waals surface area contributed by atoms with Gasteiger partial charge in [0.2, 0.25) is 21.1 Å². The number of anilines is 1. The van der Waals surface area contributed by atoms with Gasteiger partial charge in [-0.3, -0.25) is 24.6 Å². The SMILES string of the molecule is Cn1nnnc1SCC1=C(C(=O)O)N2C(=O)[C@@H](NC(=O)[C@@H](NC(=O)N3CCN(S(C)(=O)=O)C3=O)c3ccc(NC(=O)OC[C@@H](N)C(=O)O)cc3)[C@@H]2SC1. The van der Waals surface area contributed by atoms with Gasteiger partial charge in [-0.1, -0.05) is 23.9 Å². The first kappa shape index (κ1) is 38.8. The summed E-state index contributed by atoms with van der Waals surface area (Å²) >= 11 is 2.37. The Kier molecular flexibility index (Phi) is 11.4. The summed E-state index contributed by atoms with van der Waals surface area (Å²) in [6.07, 6.45) is -0.251. The Bertz CT molecular complexity index is 1990. The third-order valence-electron chi connectivity index (χ3n) is 7.85. The number of carboxylic acids is 2. The number of fused-ring (bicyclic) bond motifs is 1. The van der Waals surface area contributed by atoms with Gasteiger partial charge in [0.1, 0.15) is 35.8 Å². The molecule has 2 aromatic rings. The van der Waals surface area contributed by atoms with Gasteiger partial charge in [0.25, 0.3) is 5.91 Å². The molecule has 23 nitrogen and oxygen atoms in total. The number of hydrogen-bond donors (Lipinski definition) is 6. The van der Waals surface area contributed by atoms with E-state index < -0.39 is 82.0 Å². The molecular formula is C27H31N11O12S3. The van der Waals surface area contributed by atoms with E-state index in [9.17, 15) is 47.1 Å². The fourth-order valence-electron chi connectivity index (χ4n) is 5.19. The molecule has 1 aromatic carbocycles. The number of ether oxygens (including phenoxy) is 1. The molecule has 0 aliphatic carbocycles. The molecule has 0 bridgehead atoms. The molecule has 53 heavy (non-hydrogen) atoms. The van der Waals surface area contributed by atoms with E-state index >= 15 is 0 Å². The Morgan fingerprint density at radius 3 is 2.42 bits per heavy atom. The second-order valence-corrected chi connectivity index (χ2v) is 15.4. The van der Waals surface area contributed by atoms with Gasteiger partial charge in [0.15, 0.2) is 0 Å². The van der Waals surface area contributed by atoms with Gasteiger partial charge in [-0.05, 0) is 33.7 Å². The molecule has 0 spiro atoms. The lowest BCUT2D eigenvalue weighted by atomic mass is 10.0. The molecule has 3 aliphatic rings. The van der Waals surface area contributed by atoms with Crippen molar-refractivity contribution in [3.05, 3.63) is 41.1 Å². The minimum Gasteiger partial charge on any atom is -0.480 e. The first-order valence-electron chi connectivity index (χ1n) is 15.1. The molecule has 0 saturated carbocycles. The number of urea groups is 2. The Hall–Kier alpha value is -5.47. The van der Waals surface area contributed by atoms with E-state index in [1.807, 2.05) is 0 Å². The van der Waals surface area contributed by atoms with Crippen molar-refractivity contribution in [1.29, 1.82) is 0 Å². The topological polar surface area (TPSA) is 319 Å². The summed E-state index contributed by atoms with van der Waals surface area (Å²) in [7, 11) is -2.39. The average molecular weight is 798 g/mol. The van der Waals surface area contributed by atoms with Gasteiger partial charge >= 0.3 is 30.1 Å². The second-order valence-electron chi connectivity index (χ2n) is 11.5. The number of aryl methyl sites for hydroxylation is 1.